The Morgan fingerprint density at radius 1 is 1.21 bits per heavy atom. The van der Waals surface area contributed by atoms with Crippen molar-refractivity contribution >= 4 is 11.7 Å². The Balaban J connectivity index is 1.69. The highest BCUT2D eigenvalue weighted by molar-refractivity contribution is 5.59. The molecule has 0 atom stereocenters. The number of nitrogens with zero attached hydrogens (tertiary/aromatic N) is 2. The first-order valence-corrected chi connectivity index (χ1v) is 6.04. The minimum atomic E-state index is 0.253. The monoisotopic (exact) mass is 262 g/mol. The zero-order valence-corrected chi connectivity index (χ0v) is 10.3. The Bertz CT molecular complexity index is 570. The Labute approximate surface area is 109 Å². The van der Waals surface area contributed by atoms with Gasteiger partial charge < -0.3 is 24.9 Å². The third kappa shape index (κ3) is 2.60. The largest absolute Gasteiger partial charge is 0.454 e. The summed E-state index contributed by atoms with van der Waals surface area (Å²) < 4.78 is 16.0. The normalized spacial score (nSPS) is 12.7. The predicted octanol–water partition coefficient (Wildman–Crippen LogP) is 1.43. The Morgan fingerprint density at radius 2 is 2.11 bits per heavy atom. The molecule has 100 valence electrons. The van der Waals surface area contributed by atoms with Gasteiger partial charge in [0.05, 0.1) is 0 Å². The van der Waals surface area contributed by atoms with Gasteiger partial charge >= 0.3 is 6.01 Å². The molecule has 0 fully saturated rings. The molecule has 2 heterocycles. The van der Waals surface area contributed by atoms with Crippen LogP contribution in [0.3, 0.4) is 0 Å². The number of fused-ring (bicyclic) bond motifs is 1. The Hall–Kier alpha value is -2.28. The van der Waals surface area contributed by atoms with E-state index in [2.05, 4.69) is 15.5 Å². The molecule has 0 spiro atoms. The van der Waals surface area contributed by atoms with Gasteiger partial charge in [-0.05, 0) is 25.1 Å². The molecular formula is C12H14N4O3. The predicted molar refractivity (Wildman–Crippen MR) is 67.5 cm³/mol. The summed E-state index contributed by atoms with van der Waals surface area (Å²) in [5.74, 6) is 2.02. The van der Waals surface area contributed by atoms with Crippen LogP contribution in [0.1, 0.15) is 12.3 Å². The molecule has 0 bridgehead atoms. The van der Waals surface area contributed by atoms with Crippen molar-refractivity contribution in [1.29, 1.82) is 0 Å². The van der Waals surface area contributed by atoms with E-state index in [0.717, 1.165) is 17.9 Å². The van der Waals surface area contributed by atoms with Gasteiger partial charge in [-0.2, -0.15) is 0 Å². The Morgan fingerprint density at radius 3 is 3.00 bits per heavy atom. The fraction of sp³-hybridized carbons (Fsp3) is 0.333. The summed E-state index contributed by atoms with van der Waals surface area (Å²) >= 11 is 0. The van der Waals surface area contributed by atoms with Crippen LogP contribution in [0, 0.1) is 0 Å². The number of aryl methyl sites for hydroxylation is 1. The van der Waals surface area contributed by atoms with Gasteiger partial charge in [-0.3, -0.25) is 0 Å². The maximum Gasteiger partial charge on any atom is 0.320 e. The molecule has 1 aliphatic rings. The molecular weight excluding hydrogens is 248 g/mol. The van der Waals surface area contributed by atoms with Crippen molar-refractivity contribution in [2.45, 2.75) is 12.8 Å². The van der Waals surface area contributed by atoms with Gasteiger partial charge in [0.15, 0.2) is 11.5 Å². The SMILES string of the molecule is NCCCc1nnc(Nc2ccc3c(c2)OCO3)o1. The van der Waals surface area contributed by atoms with Crippen LogP contribution in [0.5, 0.6) is 11.5 Å². The topological polar surface area (TPSA) is 95.4 Å². The zero-order chi connectivity index (χ0) is 13.1. The number of hydrogen-bond acceptors (Lipinski definition) is 7. The lowest BCUT2D eigenvalue weighted by atomic mass is 10.3. The lowest BCUT2D eigenvalue weighted by Gasteiger charge is -2.02. The summed E-state index contributed by atoms with van der Waals surface area (Å²) in [7, 11) is 0. The maximum absolute atomic E-state index is 5.45. The van der Waals surface area contributed by atoms with E-state index in [4.69, 9.17) is 19.6 Å². The molecule has 0 aliphatic carbocycles. The van der Waals surface area contributed by atoms with E-state index in [1.807, 2.05) is 18.2 Å². The van der Waals surface area contributed by atoms with Crippen LogP contribution in [0.15, 0.2) is 22.6 Å². The fourth-order valence-electron chi connectivity index (χ4n) is 1.76. The van der Waals surface area contributed by atoms with Crippen LogP contribution >= 0.6 is 0 Å². The van der Waals surface area contributed by atoms with Crippen LogP contribution < -0.4 is 20.5 Å². The molecule has 0 saturated heterocycles. The number of aromatic nitrogens is 2. The van der Waals surface area contributed by atoms with Crippen LogP contribution in [0.4, 0.5) is 11.7 Å². The summed E-state index contributed by atoms with van der Waals surface area (Å²) in [5, 5.41) is 10.9. The van der Waals surface area contributed by atoms with Gasteiger partial charge in [0.25, 0.3) is 0 Å². The van der Waals surface area contributed by atoms with Gasteiger partial charge in [0.1, 0.15) is 0 Å². The van der Waals surface area contributed by atoms with Gasteiger partial charge in [-0.15, -0.1) is 5.10 Å². The van der Waals surface area contributed by atoms with Crippen molar-refractivity contribution in [2.24, 2.45) is 5.73 Å². The van der Waals surface area contributed by atoms with Crippen molar-refractivity contribution in [2.75, 3.05) is 18.7 Å². The molecule has 2 aromatic rings. The van der Waals surface area contributed by atoms with Gasteiger partial charge in [-0.25, -0.2) is 0 Å². The number of rotatable bonds is 5. The van der Waals surface area contributed by atoms with Crippen molar-refractivity contribution in [1.82, 2.24) is 10.2 Å². The molecule has 0 amide bonds. The summed E-state index contributed by atoms with van der Waals surface area (Å²) in [6, 6.07) is 5.87. The number of anilines is 2. The van der Waals surface area contributed by atoms with Gasteiger partial charge in [-0.1, -0.05) is 5.10 Å². The third-order valence-electron chi connectivity index (χ3n) is 2.69. The van der Waals surface area contributed by atoms with E-state index in [-0.39, 0.29) is 6.79 Å². The second-order valence-corrected chi connectivity index (χ2v) is 4.09. The molecule has 7 heteroatoms. The molecule has 0 unspecified atom stereocenters. The average Bonchev–Trinajstić information content (AvgIpc) is 3.05. The van der Waals surface area contributed by atoms with E-state index in [1.165, 1.54) is 0 Å². The quantitative estimate of drug-likeness (QED) is 0.841. The van der Waals surface area contributed by atoms with Crippen LogP contribution in [-0.2, 0) is 6.42 Å². The van der Waals surface area contributed by atoms with E-state index < -0.39 is 0 Å². The summed E-state index contributed by atoms with van der Waals surface area (Å²) in [5.41, 5.74) is 6.23. The van der Waals surface area contributed by atoms with Crippen LogP contribution in [0.2, 0.25) is 0 Å². The number of hydrogen-bond donors (Lipinski definition) is 2. The van der Waals surface area contributed by atoms with E-state index in [9.17, 15) is 0 Å². The number of ether oxygens (including phenoxy) is 2. The third-order valence-corrected chi connectivity index (χ3v) is 2.69. The molecule has 1 aromatic carbocycles. The molecule has 1 aliphatic heterocycles. The standard InChI is InChI=1S/C12H14N4O3/c13-5-1-2-11-15-16-12(19-11)14-8-3-4-9-10(6-8)18-7-17-9/h3-4,6H,1-2,5,7,13H2,(H,14,16). The maximum atomic E-state index is 5.45. The average molecular weight is 262 g/mol. The van der Waals surface area contributed by atoms with E-state index in [0.29, 0.717) is 30.6 Å². The first-order valence-electron chi connectivity index (χ1n) is 6.04. The van der Waals surface area contributed by atoms with Gasteiger partial charge in [0, 0.05) is 18.2 Å². The number of benzene rings is 1. The highest BCUT2D eigenvalue weighted by Gasteiger charge is 2.14. The lowest BCUT2D eigenvalue weighted by Crippen LogP contribution is -2.00. The van der Waals surface area contributed by atoms with E-state index in [1.54, 1.807) is 0 Å². The number of nitrogens with two attached hydrogens (primary N) is 1. The van der Waals surface area contributed by atoms with Gasteiger partial charge in [0.2, 0.25) is 12.7 Å². The Kier molecular flexibility index (Phi) is 3.20. The molecule has 19 heavy (non-hydrogen) atoms. The summed E-state index contributed by atoms with van der Waals surface area (Å²) in [6.45, 7) is 0.857. The fourth-order valence-corrected chi connectivity index (χ4v) is 1.76. The molecule has 1 aromatic heterocycles. The highest BCUT2D eigenvalue weighted by Crippen LogP contribution is 2.34. The van der Waals surface area contributed by atoms with Crippen LogP contribution in [0.25, 0.3) is 0 Å². The summed E-state index contributed by atoms with van der Waals surface area (Å²) in [4.78, 5) is 0. The van der Waals surface area contributed by atoms with Crippen molar-refractivity contribution in [3.8, 4) is 11.5 Å². The second-order valence-electron chi connectivity index (χ2n) is 4.09. The smallest absolute Gasteiger partial charge is 0.320 e. The molecule has 3 N–H and O–H groups in total. The lowest BCUT2D eigenvalue weighted by molar-refractivity contribution is 0.174. The van der Waals surface area contributed by atoms with Crippen molar-refractivity contribution < 1.29 is 13.9 Å². The van der Waals surface area contributed by atoms with Crippen LogP contribution in [-0.4, -0.2) is 23.5 Å². The molecule has 7 nitrogen and oxygen atoms in total. The summed E-state index contributed by atoms with van der Waals surface area (Å²) in [6.07, 6.45) is 1.51. The van der Waals surface area contributed by atoms with Crippen molar-refractivity contribution in [3.63, 3.8) is 0 Å². The highest BCUT2D eigenvalue weighted by atomic mass is 16.7. The van der Waals surface area contributed by atoms with Crippen molar-refractivity contribution in [3.05, 3.63) is 24.1 Å². The molecule has 3 rings (SSSR count). The molecule has 0 saturated carbocycles. The minimum absolute atomic E-state index is 0.253. The first-order chi connectivity index (χ1) is 9.35. The number of nitrogens with one attached hydrogen (secondary N) is 1. The van der Waals surface area contributed by atoms with E-state index >= 15 is 0 Å². The zero-order valence-electron chi connectivity index (χ0n) is 10.3. The molecule has 0 radical (unpaired) electrons. The first kappa shape index (κ1) is 11.8. The second kappa shape index (κ2) is 5.15. The minimum Gasteiger partial charge on any atom is -0.454 e.